The van der Waals surface area contributed by atoms with Gasteiger partial charge in [-0.05, 0) is 0 Å². The monoisotopic (exact) mass is 674 g/mol. The number of fused-ring (bicyclic) bond motifs is 4. The number of hydrogen-bond donors (Lipinski definition) is 7. The summed E-state index contributed by atoms with van der Waals surface area (Å²) in [5, 5.41) is 22.2. The number of aliphatic hydroxyl groups excluding tert-OH is 2. The summed E-state index contributed by atoms with van der Waals surface area (Å²) in [7, 11) is -10.1. The molecule has 7 heterocycles. The van der Waals surface area contributed by atoms with Crippen molar-refractivity contribution in [3.8, 4) is 0 Å². The van der Waals surface area contributed by atoms with E-state index in [-0.39, 0.29) is 34.1 Å². The Morgan fingerprint density at radius 1 is 0.822 bits per heavy atom. The van der Waals surface area contributed by atoms with Crippen molar-refractivity contribution in [2.45, 2.75) is 49.1 Å². The molecule has 25 heteroatoms. The van der Waals surface area contributed by atoms with E-state index in [4.69, 9.17) is 39.0 Å². The van der Waals surface area contributed by atoms with Crippen molar-refractivity contribution in [3.05, 3.63) is 29.3 Å². The summed E-state index contributed by atoms with van der Waals surface area (Å²) in [6.07, 6.45) is -9.11. The van der Waals surface area contributed by atoms with Crippen molar-refractivity contribution in [3.63, 3.8) is 0 Å². The Bertz CT molecular complexity index is 1940. The highest BCUT2D eigenvalue weighted by molar-refractivity contribution is 7.47. The molecule has 0 aliphatic carbocycles. The highest BCUT2D eigenvalue weighted by atomic mass is 31.2. The van der Waals surface area contributed by atoms with Crippen molar-refractivity contribution in [1.29, 1.82) is 0 Å². The van der Waals surface area contributed by atoms with Crippen LogP contribution in [0.5, 0.6) is 0 Å². The van der Waals surface area contributed by atoms with Gasteiger partial charge in [-0.2, -0.15) is 4.98 Å². The van der Waals surface area contributed by atoms with Gasteiger partial charge in [0.2, 0.25) is 5.95 Å². The predicted molar refractivity (Wildman–Crippen MR) is 143 cm³/mol. The van der Waals surface area contributed by atoms with Gasteiger partial charge in [0.25, 0.3) is 5.56 Å². The Balaban J connectivity index is 1.17. The fraction of sp³-hybridized carbons (Fsp3) is 0.500. The molecule has 10 atom stereocenters. The maximum Gasteiger partial charge on any atom is 0.472 e. The zero-order valence-electron chi connectivity index (χ0n) is 22.4. The van der Waals surface area contributed by atoms with Gasteiger partial charge in [0.1, 0.15) is 48.5 Å². The molecule has 0 saturated carbocycles. The van der Waals surface area contributed by atoms with E-state index in [1.165, 1.54) is 10.9 Å². The number of anilines is 2. The second-order valence-corrected chi connectivity index (χ2v) is 13.0. The van der Waals surface area contributed by atoms with Crippen LogP contribution in [0.1, 0.15) is 12.5 Å². The van der Waals surface area contributed by atoms with Gasteiger partial charge in [0.15, 0.2) is 35.1 Å². The van der Waals surface area contributed by atoms with E-state index >= 15 is 0 Å². The Kier molecular flexibility index (Phi) is 7.27. The molecule has 0 amide bonds. The van der Waals surface area contributed by atoms with Gasteiger partial charge in [-0.3, -0.25) is 37.0 Å². The lowest BCUT2D eigenvalue weighted by Gasteiger charge is -2.27. The third kappa shape index (κ3) is 5.31. The van der Waals surface area contributed by atoms with Crippen LogP contribution in [0.4, 0.5) is 11.8 Å². The van der Waals surface area contributed by atoms with Crippen LogP contribution in [0, 0.1) is 0 Å². The Hall–Kier alpha value is -3.44. The molecular formula is C20H24N10O13P2. The average molecular weight is 674 g/mol. The molecule has 45 heavy (non-hydrogen) atoms. The number of aliphatic hydroxyl groups is 2. The Morgan fingerprint density at radius 2 is 1.36 bits per heavy atom. The molecule has 4 aromatic heterocycles. The molecule has 4 aromatic rings. The zero-order valence-corrected chi connectivity index (χ0v) is 24.2. The number of aromatic nitrogens is 8. The maximum atomic E-state index is 13.1. The van der Waals surface area contributed by atoms with Gasteiger partial charge in [-0.25, -0.2) is 29.1 Å². The Labute approximate surface area is 248 Å². The lowest BCUT2D eigenvalue weighted by atomic mass is 10.1. The highest BCUT2D eigenvalue weighted by Crippen LogP contribution is 2.53. The van der Waals surface area contributed by atoms with E-state index in [0.29, 0.717) is 0 Å². The number of nitrogens with one attached hydrogen (secondary N) is 1. The van der Waals surface area contributed by atoms with Gasteiger partial charge >= 0.3 is 15.6 Å². The van der Waals surface area contributed by atoms with E-state index in [0.717, 1.165) is 17.2 Å². The fourth-order valence-electron chi connectivity index (χ4n) is 5.32. The fourth-order valence-corrected chi connectivity index (χ4v) is 7.25. The van der Waals surface area contributed by atoms with E-state index in [2.05, 4.69) is 29.9 Å². The number of imidazole rings is 2. The number of phosphoric ester groups is 2. The van der Waals surface area contributed by atoms with Gasteiger partial charge in [0, 0.05) is 0 Å². The SMILES string of the molecule is Nc1nc2c(ncn2[C@@H]2O[C@@H]3COP(=O)(O)O[C@@H]4C(COP(=O)(O)O[C@H]3[C@H]2O)O[C@@H](n2cnc3c(N)ncnc32)[C@@H]4O)c(=O)[nH]1. The van der Waals surface area contributed by atoms with Crippen LogP contribution < -0.4 is 17.0 Å². The first-order chi connectivity index (χ1) is 21.3. The van der Waals surface area contributed by atoms with Crippen LogP contribution in [0.15, 0.2) is 23.8 Å². The summed E-state index contributed by atoms with van der Waals surface area (Å²) in [6.45, 7) is -1.65. The quantitative estimate of drug-likeness (QED) is 0.109. The summed E-state index contributed by atoms with van der Waals surface area (Å²) < 4.78 is 60.9. The third-order valence-electron chi connectivity index (χ3n) is 7.32. The van der Waals surface area contributed by atoms with Gasteiger partial charge in [0.05, 0.1) is 25.9 Å². The summed E-state index contributed by atoms with van der Waals surface area (Å²) in [5.41, 5.74) is 10.8. The van der Waals surface area contributed by atoms with Crippen LogP contribution in [0.25, 0.3) is 22.3 Å². The van der Waals surface area contributed by atoms with E-state index in [1.54, 1.807) is 0 Å². The van der Waals surface area contributed by atoms with Crippen molar-refractivity contribution in [2.24, 2.45) is 0 Å². The van der Waals surface area contributed by atoms with Crippen molar-refractivity contribution < 1.29 is 56.7 Å². The minimum absolute atomic E-state index is 0.0383. The normalized spacial score (nSPS) is 37.7. The number of nitrogens with zero attached hydrogens (tertiary/aromatic N) is 7. The van der Waals surface area contributed by atoms with Gasteiger partial charge in [-0.15, -0.1) is 0 Å². The largest absolute Gasteiger partial charge is 0.472 e. The first-order valence-corrected chi connectivity index (χ1v) is 15.9. The smallest absolute Gasteiger partial charge is 0.386 e. The highest BCUT2D eigenvalue weighted by Gasteiger charge is 2.54. The molecule has 0 bridgehead atoms. The minimum Gasteiger partial charge on any atom is -0.386 e. The Morgan fingerprint density at radius 3 is 1.93 bits per heavy atom. The molecule has 3 aliphatic heterocycles. The standard InChI is InChI=1S/C20H24N10O13P2/c21-14-8-15(24-3-23-14)29(4-25-8)18-10(31)12-6(40-18)1-38-45(36,37)43-13-7(2-39-44(34,35)42-12)41-19(11(13)32)30-5-26-9-16(30)27-20(22)28-17(9)33/h3-7,10-13,18-19,31-32H,1-2H2,(H,34,35)(H,36,37)(H2,21,23,24)(H3,22,27,28,33)/t6?,7-,10-,11-,12-,13-,18-,19-/m1/s1. The molecule has 23 nitrogen and oxygen atoms in total. The predicted octanol–water partition coefficient (Wildman–Crippen LogP) is -2.34. The third-order valence-corrected chi connectivity index (χ3v) is 9.29. The van der Waals surface area contributed by atoms with Crippen molar-refractivity contribution >= 4 is 49.7 Å². The summed E-state index contributed by atoms with van der Waals surface area (Å²) >= 11 is 0. The molecule has 9 N–H and O–H groups in total. The van der Waals surface area contributed by atoms with Crippen LogP contribution in [0.2, 0.25) is 0 Å². The van der Waals surface area contributed by atoms with Crippen LogP contribution >= 0.6 is 15.6 Å². The molecule has 0 spiro atoms. The van der Waals surface area contributed by atoms with Gasteiger partial charge < -0.3 is 40.9 Å². The van der Waals surface area contributed by atoms with Crippen LogP contribution in [-0.2, 0) is 36.7 Å². The lowest BCUT2D eigenvalue weighted by Crippen LogP contribution is -2.39. The molecule has 0 aromatic carbocycles. The number of ether oxygens (including phenoxy) is 2. The molecule has 3 unspecified atom stereocenters. The maximum absolute atomic E-state index is 13.1. The van der Waals surface area contributed by atoms with Gasteiger partial charge in [-0.1, -0.05) is 0 Å². The molecule has 3 aliphatic rings. The molecule has 3 saturated heterocycles. The van der Waals surface area contributed by atoms with Crippen LogP contribution in [-0.4, -0.2) is 109 Å². The number of nitrogen functional groups attached to an aromatic ring is 2. The molecule has 3 fully saturated rings. The van der Waals surface area contributed by atoms with E-state index in [1.807, 2.05) is 0 Å². The summed E-state index contributed by atoms with van der Waals surface area (Å²) in [5.74, 6) is -0.230. The number of phosphoric acid groups is 2. The lowest BCUT2D eigenvalue weighted by molar-refractivity contribution is -0.0664. The second-order valence-electron chi connectivity index (χ2n) is 10.1. The number of H-pyrrole nitrogens is 1. The second kappa shape index (κ2) is 10.8. The molecule has 7 rings (SSSR count). The summed E-state index contributed by atoms with van der Waals surface area (Å²) in [4.78, 5) is 55.6. The first kappa shape index (κ1) is 30.2. The van der Waals surface area contributed by atoms with Crippen molar-refractivity contribution in [1.82, 2.24) is 39.0 Å². The number of hydrogen-bond acceptors (Lipinski definition) is 18. The molecule has 242 valence electrons. The van der Waals surface area contributed by atoms with Crippen LogP contribution in [0.3, 0.4) is 0 Å². The minimum atomic E-state index is -5.06. The topological polar surface area (TPSA) is 330 Å². The molecule has 0 radical (unpaired) electrons. The average Bonchev–Trinajstić information content (AvgIpc) is 3.72. The number of aromatic amines is 1. The summed E-state index contributed by atoms with van der Waals surface area (Å²) in [6, 6.07) is 0. The number of nitrogens with two attached hydrogens (primary N) is 2. The zero-order chi connectivity index (χ0) is 31.8. The molecular weight excluding hydrogens is 650 g/mol. The number of rotatable bonds is 2. The van der Waals surface area contributed by atoms with E-state index in [9.17, 15) is 33.9 Å². The van der Waals surface area contributed by atoms with E-state index < -0.39 is 83.5 Å². The first-order valence-electron chi connectivity index (χ1n) is 13.0. The van der Waals surface area contributed by atoms with Crippen molar-refractivity contribution in [2.75, 3.05) is 24.7 Å².